The smallest absolute Gasteiger partial charge is 1.00 e. The summed E-state index contributed by atoms with van der Waals surface area (Å²) in [4.78, 5) is 10.3. The molecule has 59 heavy (non-hydrogen) atoms. The molecule has 0 heterocycles. The van der Waals surface area contributed by atoms with Gasteiger partial charge in [-0.15, -0.1) is 0 Å². The van der Waals surface area contributed by atoms with E-state index in [1.54, 1.807) is 6.07 Å². The summed E-state index contributed by atoms with van der Waals surface area (Å²) in [6.07, 6.45) is 12.6. The number of unbranched alkanes of at least 4 members (excludes halogenated alkanes) is 1. The molecule has 1 nitrogen and oxygen atoms in total. The van der Waals surface area contributed by atoms with Crippen molar-refractivity contribution in [3.63, 3.8) is 0 Å². The summed E-state index contributed by atoms with van der Waals surface area (Å²) in [7, 11) is -1.53. The minimum atomic E-state index is -1.53. The Bertz CT molecular complexity index is 1950. The average Bonchev–Trinajstić information content (AvgIpc) is 3.24. The molecule has 6 aromatic rings. The first kappa shape index (κ1) is 56.4. The van der Waals surface area contributed by atoms with Crippen LogP contribution in [-0.2, 0) is 0 Å². The monoisotopic (exact) mass is 1050 g/mol. The molecule has 0 unspecified atom stereocenters. The van der Waals surface area contributed by atoms with Crippen molar-refractivity contribution in [2.24, 2.45) is 0 Å². The first-order valence-electron chi connectivity index (χ1n) is 19.3. The second-order valence-electron chi connectivity index (χ2n) is 13.1. The number of rotatable bonds is 8. The predicted molar refractivity (Wildman–Crippen MR) is 267 cm³/mol. The van der Waals surface area contributed by atoms with Crippen LogP contribution in [0.5, 0.6) is 0 Å². The van der Waals surface area contributed by atoms with Crippen LogP contribution in [0.3, 0.4) is 0 Å². The summed E-state index contributed by atoms with van der Waals surface area (Å²) in [5.41, 5.74) is 6.88. The Balaban J connectivity index is 0.000000767. The molecule has 0 fully saturated rings. The topological polar surface area (TPSA) is 17.1 Å². The quantitative estimate of drug-likeness (QED) is 0.0643. The summed E-state index contributed by atoms with van der Waals surface area (Å²) < 4.78 is 3.38. The number of aryl methyl sites for hydroxylation is 3. The van der Waals surface area contributed by atoms with Crippen LogP contribution < -0.4 is 51.8 Å². The summed E-state index contributed by atoms with van der Waals surface area (Å²) >= 11 is 10.3. The molecule has 0 aliphatic carbocycles. The van der Waals surface area contributed by atoms with Crippen LogP contribution in [0.25, 0.3) is 12.2 Å². The number of aldehydes is 1. The fraction of sp³-hybridized carbons (Fsp3) is 0.192. The molecule has 0 saturated heterocycles. The number of carbonyl (C=O) groups excluding carboxylic acids is 1. The van der Waals surface area contributed by atoms with Gasteiger partial charge in [0.1, 0.15) is 29.5 Å². The molecular formula is C52H58Br4LiOP. The molecule has 0 spiro atoms. The number of halogens is 4. The van der Waals surface area contributed by atoms with E-state index in [2.05, 4.69) is 222 Å². The van der Waals surface area contributed by atoms with E-state index in [-0.39, 0.29) is 35.8 Å². The minimum Gasteiger partial charge on any atom is -1.00 e. The van der Waals surface area contributed by atoms with Gasteiger partial charge in [0.05, 0.1) is 6.16 Å². The van der Waals surface area contributed by atoms with E-state index in [0.717, 1.165) is 34.5 Å². The third-order valence-electron chi connectivity index (χ3n) is 8.82. The summed E-state index contributed by atoms with van der Waals surface area (Å²) in [5.74, 6) is 0. The molecule has 0 aliphatic heterocycles. The Labute approximate surface area is 405 Å². The van der Waals surface area contributed by atoms with Crippen LogP contribution in [0.1, 0.15) is 78.7 Å². The van der Waals surface area contributed by atoms with E-state index in [4.69, 9.17) is 0 Å². The number of hydrogen-bond donors (Lipinski definition) is 0. The van der Waals surface area contributed by atoms with Crippen molar-refractivity contribution in [1.82, 2.24) is 0 Å². The summed E-state index contributed by atoms with van der Waals surface area (Å²) in [5, 5.41) is 4.39. The Morgan fingerprint density at radius 1 is 0.525 bits per heavy atom. The normalized spacial score (nSPS) is 10.2. The van der Waals surface area contributed by atoms with Gasteiger partial charge in [-0.3, -0.25) is 4.79 Å². The van der Waals surface area contributed by atoms with Gasteiger partial charge in [-0.25, -0.2) is 0 Å². The van der Waals surface area contributed by atoms with Gasteiger partial charge in [-0.2, -0.15) is 6.42 Å². The van der Waals surface area contributed by atoms with Crippen molar-refractivity contribution in [3.8, 4) is 0 Å². The van der Waals surface area contributed by atoms with E-state index in [0.29, 0.717) is 0 Å². The summed E-state index contributed by atoms with van der Waals surface area (Å²) in [6, 6.07) is 51.1. The van der Waals surface area contributed by atoms with Gasteiger partial charge in [-0.1, -0.05) is 170 Å². The van der Waals surface area contributed by atoms with E-state index in [9.17, 15) is 4.79 Å². The van der Waals surface area contributed by atoms with Crippen LogP contribution in [0.2, 0.25) is 0 Å². The maximum atomic E-state index is 10.3. The van der Waals surface area contributed by atoms with Gasteiger partial charge < -0.3 is 23.9 Å². The summed E-state index contributed by atoms with van der Waals surface area (Å²) in [6.45, 7) is 18.2. The van der Waals surface area contributed by atoms with Crippen LogP contribution >= 0.6 is 55.1 Å². The Morgan fingerprint density at radius 3 is 1.05 bits per heavy atom. The van der Waals surface area contributed by atoms with Crippen molar-refractivity contribution < 1.29 is 40.6 Å². The van der Waals surface area contributed by atoms with Crippen LogP contribution in [0, 0.1) is 27.7 Å². The molecule has 6 aromatic carbocycles. The average molecular weight is 1060 g/mol. The Kier molecular flexibility index (Phi) is 30.8. The van der Waals surface area contributed by atoms with Crippen LogP contribution in [0.15, 0.2) is 171 Å². The van der Waals surface area contributed by atoms with Gasteiger partial charge in [0, 0.05) is 19.0 Å². The second-order valence-corrected chi connectivity index (χ2v) is 19.5. The molecule has 0 aromatic heterocycles. The van der Waals surface area contributed by atoms with Crippen molar-refractivity contribution >= 4 is 89.4 Å². The largest absolute Gasteiger partial charge is 1.00 e. The number of hydrogen-bond acceptors (Lipinski definition) is 1. The zero-order chi connectivity index (χ0) is 42.1. The molecule has 0 radical (unpaired) electrons. The van der Waals surface area contributed by atoms with Crippen LogP contribution in [-0.4, -0.2) is 12.4 Å². The first-order valence-corrected chi connectivity index (χ1v) is 23.7. The van der Waals surface area contributed by atoms with Crippen molar-refractivity contribution in [3.05, 3.63) is 211 Å². The zero-order valence-electron chi connectivity index (χ0n) is 35.9. The van der Waals surface area contributed by atoms with Crippen molar-refractivity contribution in [1.29, 1.82) is 0 Å². The molecule has 6 rings (SSSR count). The van der Waals surface area contributed by atoms with E-state index < -0.39 is 7.26 Å². The third-order valence-corrected chi connectivity index (χ3v) is 16.0. The van der Waals surface area contributed by atoms with Gasteiger partial charge >= 0.3 is 18.9 Å². The Morgan fingerprint density at radius 2 is 0.814 bits per heavy atom. The van der Waals surface area contributed by atoms with Gasteiger partial charge in [0.2, 0.25) is 0 Å². The van der Waals surface area contributed by atoms with Crippen LogP contribution in [0.4, 0.5) is 0 Å². The molecule has 0 aliphatic rings. The maximum Gasteiger partial charge on any atom is 1.00 e. The second kappa shape index (κ2) is 32.2. The SMILES string of the molecule is C/C=C/c1ccc(Br)c(C)c1.C/C=C\c1ccc(Br)c(C)c1.CC[P+](c1ccccc1)(c1ccccc1)c1ccccc1.Cc1cc(C=O)ccc1Br.[Br-].[CH2-]CCC.[Li+]. The van der Waals surface area contributed by atoms with E-state index in [1.807, 2.05) is 45.1 Å². The molecular weight excluding hydrogens is 998 g/mol. The molecule has 0 N–H and O–H groups in total. The van der Waals surface area contributed by atoms with Crippen molar-refractivity contribution in [2.45, 2.75) is 61.3 Å². The Hall–Kier alpha value is -2.58. The number of benzene rings is 6. The molecule has 0 amide bonds. The minimum absolute atomic E-state index is 0. The van der Waals surface area contributed by atoms with Gasteiger partial charge in [0.25, 0.3) is 0 Å². The molecule has 7 heteroatoms. The molecule has 0 saturated carbocycles. The number of allylic oxidation sites excluding steroid dienone is 2. The zero-order valence-corrected chi connectivity index (χ0v) is 43.2. The van der Waals surface area contributed by atoms with E-state index in [1.165, 1.54) is 53.5 Å². The van der Waals surface area contributed by atoms with Gasteiger partial charge in [-0.05, 0) is 130 Å². The molecule has 306 valence electrons. The van der Waals surface area contributed by atoms with E-state index >= 15 is 0 Å². The van der Waals surface area contributed by atoms with Gasteiger partial charge in [0.15, 0.2) is 0 Å². The maximum absolute atomic E-state index is 10.3. The standard InChI is InChI=1S/C20H20P.2C10H11Br.C8H7BrO.C4H9.BrH.Li/c1-2-21(18-12-6-3-7-13-18,19-14-8-4-9-15-19)20-16-10-5-11-17-20;2*1-3-4-9-5-6-10(11)8(2)7-9;1-6-4-7(5-10)2-3-8(6)9;1-3-4-2;;/h3-17H,2H2,1H3;2*3-7H,1-2H3;2-5H,1H3;1,3-4H2,2H3;1H;/q+1;;;;-1;;+1/p-1/b;4-3+;4-3-;;;;. The first-order chi connectivity index (χ1) is 27.5. The molecule has 0 atom stereocenters. The fourth-order valence-corrected chi connectivity index (χ4v) is 10.5. The predicted octanol–water partition coefficient (Wildman–Crippen LogP) is 9.78. The third kappa shape index (κ3) is 19.3. The van der Waals surface area contributed by atoms with Crippen molar-refractivity contribution in [2.75, 3.05) is 6.16 Å². The molecule has 0 bridgehead atoms. The number of carbonyl (C=O) groups is 1. The fourth-order valence-electron chi connectivity index (χ4n) is 5.71.